The summed E-state index contributed by atoms with van der Waals surface area (Å²) in [5.74, 6) is -3.16. The van der Waals surface area contributed by atoms with Gasteiger partial charge in [-0.2, -0.15) is 0 Å². The fourth-order valence-electron chi connectivity index (χ4n) is 5.44. The predicted octanol–water partition coefficient (Wildman–Crippen LogP) is 3.91. The van der Waals surface area contributed by atoms with Gasteiger partial charge in [-0.05, 0) is 81.4 Å². The number of aliphatic hydroxyl groups excluding tert-OH is 1. The number of amides is 4. The van der Waals surface area contributed by atoms with Gasteiger partial charge in [-0.3, -0.25) is 4.98 Å². The number of aliphatic hydroxyl groups is 1. The van der Waals surface area contributed by atoms with Crippen molar-refractivity contribution in [1.82, 2.24) is 25.4 Å². The molecule has 2 aliphatic heterocycles. The summed E-state index contributed by atoms with van der Waals surface area (Å²) < 4.78 is 36.8. The summed E-state index contributed by atoms with van der Waals surface area (Å²) in [5.41, 5.74) is -0.0702. The van der Waals surface area contributed by atoms with Gasteiger partial charge in [-0.15, -0.1) is 0 Å². The molecule has 2 fully saturated rings. The average molecular weight is 618 g/mol. The number of hydrogen-bond donors (Lipinski definition) is 3. The highest BCUT2D eigenvalue weighted by atomic mass is 19.2. The number of urea groups is 2. The van der Waals surface area contributed by atoms with Gasteiger partial charge in [0.15, 0.2) is 11.6 Å². The molecular weight excluding hydrogens is 576 g/mol. The Bertz CT molecular complexity index is 1240. The van der Waals surface area contributed by atoms with Gasteiger partial charge in [0.1, 0.15) is 6.04 Å². The average Bonchev–Trinajstić information content (AvgIpc) is 3.59. The van der Waals surface area contributed by atoms with Crippen LogP contribution in [0.5, 0.6) is 0 Å². The van der Waals surface area contributed by atoms with Gasteiger partial charge in [0.2, 0.25) is 0 Å². The number of nitrogens with one attached hydrogen (secondary N) is 2. The van der Waals surface area contributed by atoms with E-state index in [1.807, 2.05) is 18.2 Å². The number of pyridine rings is 1. The molecule has 3 aliphatic rings. The van der Waals surface area contributed by atoms with Crippen LogP contribution in [0.2, 0.25) is 0 Å². The number of benzene rings is 1. The second-order valence-electron chi connectivity index (χ2n) is 10.5. The molecule has 1 saturated heterocycles. The molecule has 0 bridgehead atoms. The van der Waals surface area contributed by atoms with Crippen molar-refractivity contribution in [2.24, 2.45) is 0 Å². The lowest BCUT2D eigenvalue weighted by molar-refractivity contribution is -0.137. The molecule has 240 valence electrons. The summed E-state index contributed by atoms with van der Waals surface area (Å²) in [6.07, 6.45) is 10.8. The maximum absolute atomic E-state index is 13.7. The number of nitrogens with zero attached hydrogens (tertiary/aromatic N) is 3. The molecule has 3 N–H and O–H groups in total. The molecule has 5 rings (SSSR count). The molecule has 1 aromatic carbocycles. The van der Waals surface area contributed by atoms with Crippen LogP contribution in [0.25, 0.3) is 0 Å². The van der Waals surface area contributed by atoms with Gasteiger partial charge < -0.3 is 30.1 Å². The van der Waals surface area contributed by atoms with Gasteiger partial charge >= 0.3 is 18.0 Å². The van der Waals surface area contributed by atoms with Crippen molar-refractivity contribution in [3.8, 4) is 0 Å². The number of imide groups is 1. The first-order valence-corrected chi connectivity index (χ1v) is 14.6. The van der Waals surface area contributed by atoms with Crippen LogP contribution in [0.3, 0.4) is 0 Å². The third-order valence-electron chi connectivity index (χ3n) is 7.61. The number of ether oxygens (including phenoxy) is 2. The maximum atomic E-state index is 13.7. The fourth-order valence-corrected chi connectivity index (χ4v) is 5.44. The highest BCUT2D eigenvalue weighted by Gasteiger charge is 2.42. The minimum atomic E-state index is -1.34. The summed E-state index contributed by atoms with van der Waals surface area (Å²) in [6.45, 7) is 2.44. The lowest BCUT2D eigenvalue weighted by atomic mass is 9.92. The molecule has 1 aromatic heterocycles. The van der Waals surface area contributed by atoms with E-state index in [2.05, 4.69) is 20.5 Å². The standard InChI is InChI=1S/C16H17F2N3O5.C10H19NO.C5H5N/c1-19-15(23)21-13(8-4-5-9(17)10(18)6-8)12(14(22)26-3)11(7-25-2)20-16(21)24;12-10-5-3-9(4-6-10)11-7-1-2-8-11;1-2-4-6-5-3-1/h4-6,13H,7H2,1-3H3,(H,19,23)(H,20,24);9-10,12H,1-8H2;1-5H. The quantitative estimate of drug-likeness (QED) is 0.431. The minimum absolute atomic E-state index is 0.00357. The number of rotatable bonds is 5. The monoisotopic (exact) mass is 617 g/mol. The van der Waals surface area contributed by atoms with Crippen LogP contribution in [0.1, 0.15) is 50.1 Å². The number of hydrogen-bond acceptors (Lipinski definition) is 8. The molecule has 2 aromatic rings. The SMILES string of the molecule is CNC(=O)N1C(=O)NC(COC)=C(C(=O)OC)C1c1ccc(F)c(F)c1.OC1CCC(N2CCCC2)CC1.c1ccncc1. The van der Waals surface area contributed by atoms with Crippen LogP contribution in [0.4, 0.5) is 18.4 Å². The summed E-state index contributed by atoms with van der Waals surface area (Å²) >= 11 is 0. The molecule has 1 atom stereocenters. The smallest absolute Gasteiger partial charge is 0.338 e. The zero-order valence-electron chi connectivity index (χ0n) is 25.3. The predicted molar refractivity (Wildman–Crippen MR) is 158 cm³/mol. The molecule has 0 spiro atoms. The molecule has 1 unspecified atom stereocenters. The first-order valence-electron chi connectivity index (χ1n) is 14.6. The second kappa shape index (κ2) is 17.4. The van der Waals surface area contributed by atoms with Crippen molar-refractivity contribution in [2.75, 3.05) is 41.0 Å². The summed E-state index contributed by atoms with van der Waals surface area (Å²) in [6, 6.07) is 6.28. The van der Waals surface area contributed by atoms with E-state index >= 15 is 0 Å². The summed E-state index contributed by atoms with van der Waals surface area (Å²) in [7, 11) is 3.73. The minimum Gasteiger partial charge on any atom is -0.466 e. The van der Waals surface area contributed by atoms with Crippen LogP contribution in [0.15, 0.2) is 60.1 Å². The Morgan fingerprint density at radius 2 is 1.70 bits per heavy atom. The van der Waals surface area contributed by atoms with Crippen LogP contribution >= 0.6 is 0 Å². The molecule has 3 heterocycles. The molecule has 11 nitrogen and oxygen atoms in total. The van der Waals surface area contributed by atoms with Crippen molar-refractivity contribution in [1.29, 1.82) is 0 Å². The molecule has 13 heteroatoms. The topological polar surface area (TPSA) is 133 Å². The van der Waals surface area contributed by atoms with Crippen molar-refractivity contribution < 1.29 is 37.7 Å². The van der Waals surface area contributed by atoms with E-state index in [-0.39, 0.29) is 29.5 Å². The van der Waals surface area contributed by atoms with Gasteiger partial charge in [0.05, 0.1) is 31.1 Å². The summed E-state index contributed by atoms with van der Waals surface area (Å²) in [5, 5.41) is 14.0. The number of aromatic nitrogens is 1. The van der Waals surface area contributed by atoms with Gasteiger partial charge in [0.25, 0.3) is 0 Å². The molecular formula is C31H41F2N5O6. The number of methoxy groups -OCH3 is 2. The Kier molecular flexibility index (Phi) is 13.6. The highest BCUT2D eigenvalue weighted by Crippen LogP contribution is 2.35. The van der Waals surface area contributed by atoms with E-state index in [0.717, 1.165) is 38.1 Å². The van der Waals surface area contributed by atoms with E-state index in [4.69, 9.17) is 9.47 Å². The van der Waals surface area contributed by atoms with E-state index in [0.29, 0.717) is 4.90 Å². The van der Waals surface area contributed by atoms with Crippen LogP contribution in [-0.2, 0) is 14.3 Å². The van der Waals surface area contributed by atoms with Crippen molar-refractivity contribution in [2.45, 2.75) is 56.7 Å². The van der Waals surface area contributed by atoms with Gasteiger partial charge in [0, 0.05) is 32.6 Å². The number of halogens is 2. The van der Waals surface area contributed by atoms with Crippen LogP contribution < -0.4 is 10.6 Å². The molecule has 1 aliphatic carbocycles. The Morgan fingerprint density at radius 3 is 2.20 bits per heavy atom. The number of esters is 1. The van der Waals surface area contributed by atoms with E-state index in [1.165, 1.54) is 59.0 Å². The van der Waals surface area contributed by atoms with Crippen LogP contribution in [0, 0.1) is 11.6 Å². The maximum Gasteiger partial charge on any atom is 0.338 e. The van der Waals surface area contributed by atoms with E-state index in [9.17, 15) is 28.3 Å². The van der Waals surface area contributed by atoms with Crippen molar-refractivity contribution >= 4 is 18.0 Å². The third-order valence-corrected chi connectivity index (χ3v) is 7.61. The van der Waals surface area contributed by atoms with Gasteiger partial charge in [-0.25, -0.2) is 28.1 Å². The first kappa shape index (κ1) is 34.5. The Labute approximate surface area is 256 Å². The van der Waals surface area contributed by atoms with E-state index < -0.39 is 35.7 Å². The zero-order valence-corrected chi connectivity index (χ0v) is 25.3. The first-order chi connectivity index (χ1) is 21.2. The third kappa shape index (κ3) is 9.28. The largest absolute Gasteiger partial charge is 0.466 e. The van der Waals surface area contributed by atoms with E-state index in [1.54, 1.807) is 12.4 Å². The fraction of sp³-hybridized carbons (Fsp3) is 0.484. The molecule has 1 saturated carbocycles. The number of carbonyl (C=O) groups is 3. The Morgan fingerprint density at radius 1 is 1.05 bits per heavy atom. The number of carbonyl (C=O) groups excluding carboxylic acids is 3. The summed E-state index contributed by atoms with van der Waals surface area (Å²) in [4.78, 5) is 44.0. The highest BCUT2D eigenvalue weighted by molar-refractivity contribution is 6.01. The second-order valence-corrected chi connectivity index (χ2v) is 10.5. The lowest BCUT2D eigenvalue weighted by Gasteiger charge is -2.36. The molecule has 4 amide bonds. The number of likely N-dealkylation sites (tertiary alicyclic amines) is 1. The Balaban J connectivity index is 0.000000237. The molecule has 0 radical (unpaired) electrons. The molecule has 44 heavy (non-hydrogen) atoms. The van der Waals surface area contributed by atoms with Crippen molar-refractivity contribution in [3.05, 3.63) is 77.3 Å². The normalized spacial score (nSPS) is 21.7. The van der Waals surface area contributed by atoms with Gasteiger partial charge in [-0.1, -0.05) is 12.1 Å². The Hall–Kier alpha value is -3.94. The van der Waals surface area contributed by atoms with Crippen molar-refractivity contribution in [3.63, 3.8) is 0 Å². The van der Waals surface area contributed by atoms with Crippen LogP contribution in [-0.4, -0.2) is 91.0 Å². The lowest BCUT2D eigenvalue weighted by Crippen LogP contribution is -2.54. The zero-order chi connectivity index (χ0) is 32.1.